The van der Waals surface area contributed by atoms with Crippen LogP contribution in [0.1, 0.15) is 48.7 Å². The van der Waals surface area contributed by atoms with Crippen LogP contribution in [0.4, 0.5) is 0 Å². The van der Waals surface area contributed by atoms with Crippen molar-refractivity contribution in [2.75, 3.05) is 0 Å². The second kappa shape index (κ2) is 7.14. The number of hydrogen-bond acceptors (Lipinski definition) is 5. The molecule has 0 saturated heterocycles. The largest absolute Gasteiger partial charge is 0.351 e. The van der Waals surface area contributed by atoms with Crippen LogP contribution in [0.15, 0.2) is 12.4 Å². The molecular weight excluding hydrogens is 274 g/mol. The summed E-state index contributed by atoms with van der Waals surface area (Å²) < 4.78 is 3.95. The number of aromatic nitrogens is 4. The molecule has 0 aromatic carbocycles. The van der Waals surface area contributed by atoms with Crippen LogP contribution >= 0.6 is 11.5 Å². The van der Waals surface area contributed by atoms with E-state index in [1.165, 1.54) is 11.5 Å². The fraction of sp³-hybridized carbons (Fsp3) is 0.538. The average Bonchev–Trinajstić information content (AvgIpc) is 3.07. The van der Waals surface area contributed by atoms with Crippen molar-refractivity contribution in [2.45, 2.75) is 45.6 Å². The molecule has 20 heavy (non-hydrogen) atoms. The zero-order chi connectivity index (χ0) is 14.4. The van der Waals surface area contributed by atoms with Crippen LogP contribution in [0.3, 0.4) is 0 Å². The van der Waals surface area contributed by atoms with E-state index in [0.717, 1.165) is 29.0 Å². The van der Waals surface area contributed by atoms with Gasteiger partial charge in [-0.15, -0.1) is 5.10 Å². The van der Waals surface area contributed by atoms with Crippen molar-refractivity contribution >= 4 is 17.4 Å². The quantitative estimate of drug-likeness (QED) is 0.818. The minimum atomic E-state index is 0.0663. The number of aromatic amines is 1. The Balaban J connectivity index is 1.71. The lowest BCUT2D eigenvalue weighted by molar-refractivity contribution is -0.121. The SMILES string of the molecule is CC(C)c1nnsc1CNC(=O)CCCc1cn[nH]c1. The number of nitrogens with one attached hydrogen (secondary N) is 2. The van der Waals surface area contributed by atoms with Gasteiger partial charge in [0.1, 0.15) is 0 Å². The summed E-state index contributed by atoms with van der Waals surface area (Å²) in [6, 6.07) is 0. The summed E-state index contributed by atoms with van der Waals surface area (Å²) in [5.41, 5.74) is 2.11. The fourth-order valence-corrected chi connectivity index (χ4v) is 2.65. The number of H-pyrrole nitrogens is 1. The first-order chi connectivity index (χ1) is 9.66. The molecule has 0 radical (unpaired) electrons. The van der Waals surface area contributed by atoms with E-state index in [1.807, 2.05) is 6.20 Å². The highest BCUT2D eigenvalue weighted by molar-refractivity contribution is 7.05. The number of rotatable bonds is 7. The van der Waals surface area contributed by atoms with Gasteiger partial charge in [-0.1, -0.05) is 18.3 Å². The molecule has 2 aromatic rings. The smallest absolute Gasteiger partial charge is 0.220 e. The van der Waals surface area contributed by atoms with E-state index in [9.17, 15) is 4.79 Å². The Bertz CT molecular complexity index is 535. The molecule has 2 rings (SSSR count). The van der Waals surface area contributed by atoms with Gasteiger partial charge in [-0.3, -0.25) is 9.89 Å². The number of nitrogens with zero attached hydrogens (tertiary/aromatic N) is 3. The number of hydrogen-bond donors (Lipinski definition) is 2. The van der Waals surface area contributed by atoms with Crippen LogP contribution in [0, 0.1) is 0 Å². The molecule has 0 aliphatic heterocycles. The maximum absolute atomic E-state index is 11.8. The van der Waals surface area contributed by atoms with Crippen LogP contribution in [-0.4, -0.2) is 25.7 Å². The van der Waals surface area contributed by atoms with Gasteiger partial charge in [0.15, 0.2) is 0 Å². The maximum Gasteiger partial charge on any atom is 0.220 e. The van der Waals surface area contributed by atoms with Crippen LogP contribution in [0.25, 0.3) is 0 Å². The second-order valence-corrected chi connectivity index (χ2v) is 5.81. The highest BCUT2D eigenvalue weighted by atomic mass is 32.1. The molecule has 7 heteroatoms. The van der Waals surface area contributed by atoms with Gasteiger partial charge in [-0.05, 0) is 35.9 Å². The molecule has 0 aliphatic rings. The lowest BCUT2D eigenvalue weighted by atomic mass is 10.1. The van der Waals surface area contributed by atoms with Crippen molar-refractivity contribution in [1.82, 2.24) is 25.1 Å². The molecule has 1 amide bonds. The summed E-state index contributed by atoms with van der Waals surface area (Å²) in [6.07, 6.45) is 5.85. The second-order valence-electron chi connectivity index (χ2n) is 4.97. The molecule has 6 nitrogen and oxygen atoms in total. The van der Waals surface area contributed by atoms with Crippen molar-refractivity contribution in [3.63, 3.8) is 0 Å². The Hall–Kier alpha value is -1.76. The van der Waals surface area contributed by atoms with Crippen LogP contribution in [0.2, 0.25) is 0 Å². The number of amides is 1. The molecule has 0 atom stereocenters. The molecule has 0 saturated carbocycles. The summed E-state index contributed by atoms with van der Waals surface area (Å²) in [6.45, 7) is 4.68. The Labute approximate surface area is 122 Å². The molecule has 0 bridgehead atoms. The fourth-order valence-electron chi connectivity index (χ4n) is 1.91. The molecule has 0 aliphatic carbocycles. The van der Waals surface area contributed by atoms with Crippen molar-refractivity contribution in [1.29, 1.82) is 0 Å². The van der Waals surface area contributed by atoms with E-state index >= 15 is 0 Å². The standard InChI is InChI=1S/C13H19N5OS/c1-9(2)13-11(20-18-17-13)8-14-12(19)5-3-4-10-6-15-16-7-10/h6-7,9H,3-5,8H2,1-2H3,(H,14,19)(H,15,16). The average molecular weight is 293 g/mol. The number of carbonyl (C=O) groups is 1. The van der Waals surface area contributed by atoms with Gasteiger partial charge in [0, 0.05) is 12.6 Å². The Morgan fingerprint density at radius 3 is 3.05 bits per heavy atom. The minimum Gasteiger partial charge on any atom is -0.351 e. The van der Waals surface area contributed by atoms with Crippen LogP contribution in [-0.2, 0) is 17.8 Å². The topological polar surface area (TPSA) is 83.6 Å². The van der Waals surface area contributed by atoms with E-state index in [4.69, 9.17) is 0 Å². The van der Waals surface area contributed by atoms with Gasteiger partial charge in [-0.2, -0.15) is 5.10 Å². The first-order valence-corrected chi connectivity index (χ1v) is 7.49. The third-order valence-electron chi connectivity index (χ3n) is 3.00. The van der Waals surface area contributed by atoms with Gasteiger partial charge in [0.25, 0.3) is 0 Å². The predicted octanol–water partition coefficient (Wildman–Crippen LogP) is 2.02. The summed E-state index contributed by atoms with van der Waals surface area (Å²) in [5.74, 6) is 0.401. The highest BCUT2D eigenvalue weighted by Gasteiger charge is 2.12. The summed E-state index contributed by atoms with van der Waals surface area (Å²) in [4.78, 5) is 12.8. The van der Waals surface area contributed by atoms with Gasteiger partial charge < -0.3 is 5.32 Å². The monoisotopic (exact) mass is 293 g/mol. The summed E-state index contributed by atoms with van der Waals surface area (Å²) >= 11 is 1.35. The number of carbonyl (C=O) groups excluding carboxylic acids is 1. The van der Waals surface area contributed by atoms with Gasteiger partial charge in [-0.25, -0.2) is 0 Å². The molecule has 0 spiro atoms. The molecule has 0 unspecified atom stereocenters. The van der Waals surface area contributed by atoms with Crippen molar-refractivity contribution in [3.05, 3.63) is 28.5 Å². The van der Waals surface area contributed by atoms with Crippen LogP contribution in [0.5, 0.6) is 0 Å². The molecule has 2 aromatic heterocycles. The van der Waals surface area contributed by atoms with E-state index in [0.29, 0.717) is 18.9 Å². The van der Waals surface area contributed by atoms with Gasteiger partial charge >= 0.3 is 0 Å². The van der Waals surface area contributed by atoms with Crippen molar-refractivity contribution < 1.29 is 4.79 Å². The molecule has 2 N–H and O–H groups in total. The Morgan fingerprint density at radius 2 is 2.35 bits per heavy atom. The Morgan fingerprint density at radius 1 is 1.50 bits per heavy atom. The van der Waals surface area contributed by atoms with Crippen molar-refractivity contribution in [2.24, 2.45) is 0 Å². The summed E-state index contributed by atoms with van der Waals surface area (Å²) in [5, 5.41) is 13.7. The zero-order valence-electron chi connectivity index (χ0n) is 11.7. The molecule has 108 valence electrons. The third-order valence-corrected chi connectivity index (χ3v) is 3.74. The molecule has 2 heterocycles. The van der Waals surface area contributed by atoms with E-state index in [2.05, 4.69) is 38.9 Å². The predicted molar refractivity (Wildman–Crippen MR) is 77.4 cm³/mol. The molecule has 0 fully saturated rings. The lowest BCUT2D eigenvalue weighted by Gasteiger charge is -2.06. The third kappa shape index (κ3) is 4.12. The molecular formula is C13H19N5OS. The van der Waals surface area contributed by atoms with Crippen LogP contribution < -0.4 is 5.32 Å². The Kier molecular flexibility index (Phi) is 5.23. The van der Waals surface area contributed by atoms with E-state index in [-0.39, 0.29) is 5.91 Å². The summed E-state index contributed by atoms with van der Waals surface area (Å²) in [7, 11) is 0. The maximum atomic E-state index is 11.8. The van der Waals surface area contributed by atoms with Gasteiger partial charge in [0.05, 0.1) is 23.3 Å². The first-order valence-electron chi connectivity index (χ1n) is 6.72. The normalized spacial score (nSPS) is 10.9. The van der Waals surface area contributed by atoms with Gasteiger partial charge in [0.2, 0.25) is 5.91 Å². The highest BCUT2D eigenvalue weighted by Crippen LogP contribution is 2.19. The first kappa shape index (κ1) is 14.6. The minimum absolute atomic E-state index is 0.0663. The number of aryl methyl sites for hydroxylation is 1. The van der Waals surface area contributed by atoms with E-state index < -0.39 is 0 Å². The van der Waals surface area contributed by atoms with Crippen molar-refractivity contribution in [3.8, 4) is 0 Å². The van der Waals surface area contributed by atoms with E-state index in [1.54, 1.807) is 6.20 Å². The lowest BCUT2D eigenvalue weighted by Crippen LogP contribution is -2.22. The zero-order valence-corrected chi connectivity index (χ0v) is 12.5.